The molecule has 0 spiro atoms. The summed E-state index contributed by atoms with van der Waals surface area (Å²) in [6.07, 6.45) is 0.174. The Morgan fingerprint density at radius 3 is 3.00 bits per heavy atom. The van der Waals surface area contributed by atoms with Crippen molar-refractivity contribution in [2.24, 2.45) is 5.73 Å². The fourth-order valence-corrected chi connectivity index (χ4v) is 1.64. The summed E-state index contributed by atoms with van der Waals surface area (Å²) in [4.78, 5) is 9.84. The van der Waals surface area contributed by atoms with Crippen LogP contribution in [0.3, 0.4) is 0 Å². The van der Waals surface area contributed by atoms with Gasteiger partial charge in [0.15, 0.2) is 0 Å². The second kappa shape index (κ2) is 3.98. The molecule has 1 atom stereocenters. The number of nitrogens with two attached hydrogens (primary N) is 1. The van der Waals surface area contributed by atoms with Gasteiger partial charge in [-0.2, -0.15) is 5.26 Å². The standard InChI is InChI=1S/C7H7N3O2S/c8-2-1-6(9)5-3-7(10(11)12)13-4-5/h3-4,6H,1,9H2/t6-/m0/s1. The lowest BCUT2D eigenvalue weighted by Gasteiger charge is -2.01. The van der Waals surface area contributed by atoms with Crippen LogP contribution in [0.25, 0.3) is 0 Å². The van der Waals surface area contributed by atoms with Gasteiger partial charge in [0.2, 0.25) is 0 Å². The molecule has 0 unspecified atom stereocenters. The normalized spacial score (nSPS) is 12.0. The fraction of sp³-hybridized carbons (Fsp3) is 0.286. The van der Waals surface area contributed by atoms with Crippen LogP contribution in [0, 0.1) is 21.4 Å². The van der Waals surface area contributed by atoms with Gasteiger partial charge < -0.3 is 5.73 Å². The molecule has 1 heterocycles. The van der Waals surface area contributed by atoms with Gasteiger partial charge in [0.05, 0.1) is 17.4 Å². The first-order chi connectivity index (χ1) is 6.15. The van der Waals surface area contributed by atoms with Gasteiger partial charge in [-0.3, -0.25) is 10.1 Å². The van der Waals surface area contributed by atoms with E-state index in [2.05, 4.69) is 0 Å². The zero-order valence-corrected chi connectivity index (χ0v) is 7.45. The predicted molar refractivity (Wildman–Crippen MR) is 48.1 cm³/mol. The third-order valence-electron chi connectivity index (χ3n) is 1.53. The van der Waals surface area contributed by atoms with Gasteiger partial charge in [0, 0.05) is 17.5 Å². The quantitative estimate of drug-likeness (QED) is 0.587. The lowest BCUT2D eigenvalue weighted by Crippen LogP contribution is -2.07. The lowest BCUT2D eigenvalue weighted by molar-refractivity contribution is -0.380. The number of nitriles is 1. The Labute approximate surface area is 78.6 Å². The Balaban J connectivity index is 2.80. The summed E-state index contributed by atoms with van der Waals surface area (Å²) in [6, 6.07) is 2.90. The Morgan fingerprint density at radius 2 is 2.54 bits per heavy atom. The summed E-state index contributed by atoms with van der Waals surface area (Å²) in [5.74, 6) is 0. The molecule has 6 heteroatoms. The first kappa shape index (κ1) is 9.64. The molecular formula is C7H7N3O2S. The summed E-state index contributed by atoms with van der Waals surface area (Å²) in [6.45, 7) is 0. The minimum absolute atomic E-state index is 0.0587. The Morgan fingerprint density at radius 1 is 1.85 bits per heavy atom. The molecule has 13 heavy (non-hydrogen) atoms. The zero-order valence-electron chi connectivity index (χ0n) is 6.64. The van der Waals surface area contributed by atoms with E-state index in [0.717, 1.165) is 11.3 Å². The van der Waals surface area contributed by atoms with Crippen molar-refractivity contribution in [2.45, 2.75) is 12.5 Å². The van der Waals surface area contributed by atoms with Crippen LogP contribution in [-0.4, -0.2) is 4.92 Å². The predicted octanol–water partition coefficient (Wildman–Crippen LogP) is 1.57. The van der Waals surface area contributed by atoms with Gasteiger partial charge >= 0.3 is 5.00 Å². The number of thiophene rings is 1. The summed E-state index contributed by atoms with van der Waals surface area (Å²) in [5, 5.41) is 20.3. The molecule has 2 N–H and O–H groups in total. The molecule has 0 aliphatic rings. The monoisotopic (exact) mass is 197 g/mol. The molecule has 0 bridgehead atoms. The molecule has 68 valence electrons. The van der Waals surface area contributed by atoms with E-state index in [-0.39, 0.29) is 11.4 Å². The minimum atomic E-state index is -0.465. The first-order valence-corrected chi connectivity index (χ1v) is 4.38. The van der Waals surface area contributed by atoms with Crippen molar-refractivity contribution in [2.75, 3.05) is 0 Å². The highest BCUT2D eigenvalue weighted by molar-refractivity contribution is 7.13. The molecule has 0 aromatic carbocycles. The molecular weight excluding hydrogens is 190 g/mol. The number of hydrogen-bond acceptors (Lipinski definition) is 5. The van der Waals surface area contributed by atoms with Crippen LogP contribution in [0.15, 0.2) is 11.4 Å². The second-order valence-electron chi connectivity index (χ2n) is 2.44. The van der Waals surface area contributed by atoms with E-state index in [9.17, 15) is 10.1 Å². The van der Waals surface area contributed by atoms with E-state index in [1.54, 1.807) is 5.38 Å². The molecule has 0 radical (unpaired) electrons. The Kier molecular flexibility index (Phi) is 2.95. The van der Waals surface area contributed by atoms with Crippen molar-refractivity contribution < 1.29 is 4.92 Å². The summed E-state index contributed by atoms with van der Waals surface area (Å²) in [7, 11) is 0. The van der Waals surface area contributed by atoms with Gasteiger partial charge in [0.1, 0.15) is 0 Å². The first-order valence-electron chi connectivity index (χ1n) is 3.50. The largest absolute Gasteiger partial charge is 0.324 e. The lowest BCUT2D eigenvalue weighted by atomic mass is 10.1. The highest BCUT2D eigenvalue weighted by atomic mass is 32.1. The van der Waals surface area contributed by atoms with Crippen LogP contribution in [0.1, 0.15) is 18.0 Å². The number of hydrogen-bond donors (Lipinski definition) is 1. The van der Waals surface area contributed by atoms with E-state index in [0.29, 0.717) is 5.56 Å². The Hall–Kier alpha value is -1.45. The van der Waals surface area contributed by atoms with Gasteiger partial charge in [-0.1, -0.05) is 11.3 Å². The van der Waals surface area contributed by atoms with Crippen molar-refractivity contribution in [3.05, 3.63) is 27.1 Å². The molecule has 0 saturated carbocycles. The van der Waals surface area contributed by atoms with Crippen molar-refractivity contribution in [3.63, 3.8) is 0 Å². The third-order valence-corrected chi connectivity index (χ3v) is 2.42. The van der Waals surface area contributed by atoms with E-state index >= 15 is 0 Å². The second-order valence-corrected chi connectivity index (χ2v) is 3.33. The van der Waals surface area contributed by atoms with E-state index in [1.807, 2.05) is 6.07 Å². The average molecular weight is 197 g/mol. The smallest absolute Gasteiger partial charge is 0.323 e. The molecule has 0 aliphatic carbocycles. The highest BCUT2D eigenvalue weighted by Crippen LogP contribution is 2.26. The molecule has 1 aromatic rings. The highest BCUT2D eigenvalue weighted by Gasteiger charge is 2.13. The van der Waals surface area contributed by atoms with Crippen LogP contribution >= 0.6 is 11.3 Å². The van der Waals surface area contributed by atoms with Gasteiger partial charge in [0.25, 0.3) is 0 Å². The van der Waals surface area contributed by atoms with E-state index < -0.39 is 11.0 Å². The van der Waals surface area contributed by atoms with Crippen LogP contribution in [0.5, 0.6) is 0 Å². The van der Waals surface area contributed by atoms with Crippen molar-refractivity contribution in [1.29, 1.82) is 5.26 Å². The molecule has 0 amide bonds. The van der Waals surface area contributed by atoms with E-state index in [4.69, 9.17) is 11.0 Å². The number of rotatable bonds is 3. The topological polar surface area (TPSA) is 93.0 Å². The van der Waals surface area contributed by atoms with Crippen molar-refractivity contribution in [3.8, 4) is 6.07 Å². The third kappa shape index (κ3) is 2.24. The number of nitro groups is 1. The van der Waals surface area contributed by atoms with Gasteiger partial charge in [-0.05, 0) is 5.56 Å². The Bertz CT molecular complexity index is 355. The molecule has 0 aliphatic heterocycles. The zero-order chi connectivity index (χ0) is 9.84. The average Bonchev–Trinajstić information content (AvgIpc) is 2.52. The maximum atomic E-state index is 10.3. The van der Waals surface area contributed by atoms with Crippen molar-refractivity contribution >= 4 is 16.3 Å². The molecule has 0 fully saturated rings. The van der Waals surface area contributed by atoms with Crippen LogP contribution in [0.4, 0.5) is 5.00 Å². The molecule has 1 aromatic heterocycles. The fourth-order valence-electron chi connectivity index (χ4n) is 0.845. The maximum absolute atomic E-state index is 10.3. The molecule has 0 saturated heterocycles. The maximum Gasteiger partial charge on any atom is 0.324 e. The molecule has 5 nitrogen and oxygen atoms in total. The van der Waals surface area contributed by atoms with Gasteiger partial charge in [-0.25, -0.2) is 0 Å². The summed E-state index contributed by atoms with van der Waals surface area (Å²) in [5.41, 5.74) is 6.23. The van der Waals surface area contributed by atoms with Crippen LogP contribution < -0.4 is 5.73 Å². The van der Waals surface area contributed by atoms with Crippen LogP contribution in [-0.2, 0) is 0 Å². The SMILES string of the molecule is N#CC[C@H](N)c1csc([N+](=O)[O-])c1. The molecule has 1 rings (SSSR count). The summed E-state index contributed by atoms with van der Waals surface area (Å²) >= 11 is 1.02. The number of nitrogens with zero attached hydrogens (tertiary/aromatic N) is 2. The minimum Gasteiger partial charge on any atom is -0.323 e. The van der Waals surface area contributed by atoms with E-state index in [1.165, 1.54) is 6.07 Å². The van der Waals surface area contributed by atoms with Crippen molar-refractivity contribution in [1.82, 2.24) is 0 Å². The summed E-state index contributed by atoms with van der Waals surface area (Å²) < 4.78 is 0. The van der Waals surface area contributed by atoms with Crippen LogP contribution in [0.2, 0.25) is 0 Å². The van der Waals surface area contributed by atoms with Gasteiger partial charge in [-0.15, -0.1) is 0 Å².